The normalized spacial score (nSPS) is 10.2. The van der Waals surface area contributed by atoms with Crippen molar-refractivity contribution in [1.82, 2.24) is 0 Å². The lowest BCUT2D eigenvalue weighted by Gasteiger charge is -2.25. The highest BCUT2D eigenvalue weighted by Gasteiger charge is 2.10. The quantitative estimate of drug-likeness (QED) is 0.902. The summed E-state index contributed by atoms with van der Waals surface area (Å²) >= 11 is 0. The fraction of sp³-hybridized carbons (Fsp3) is 0.188. The van der Waals surface area contributed by atoms with Crippen LogP contribution in [0, 0.1) is 6.92 Å². The Hall–Kier alpha value is -2.29. The van der Waals surface area contributed by atoms with Crippen LogP contribution in [0.5, 0.6) is 0 Å². The lowest BCUT2D eigenvalue weighted by molar-refractivity contribution is 0.0697. The van der Waals surface area contributed by atoms with Crippen molar-refractivity contribution in [2.45, 2.75) is 13.8 Å². The van der Waals surface area contributed by atoms with Gasteiger partial charge in [-0.1, -0.05) is 18.2 Å². The Bertz CT molecular complexity index is 576. The molecule has 0 spiro atoms. The minimum atomic E-state index is -0.898. The van der Waals surface area contributed by atoms with Crippen molar-refractivity contribution < 1.29 is 9.90 Å². The van der Waals surface area contributed by atoms with Gasteiger partial charge in [0.2, 0.25) is 0 Å². The average molecular weight is 255 g/mol. The summed E-state index contributed by atoms with van der Waals surface area (Å²) in [5.41, 5.74) is 3.66. The summed E-state index contributed by atoms with van der Waals surface area (Å²) in [5.74, 6) is -0.898. The fourth-order valence-corrected chi connectivity index (χ4v) is 2.14. The van der Waals surface area contributed by atoms with Gasteiger partial charge in [-0.3, -0.25) is 0 Å². The number of nitrogens with zero attached hydrogens (tertiary/aromatic N) is 1. The molecule has 0 aromatic heterocycles. The number of anilines is 2. The van der Waals surface area contributed by atoms with Gasteiger partial charge >= 0.3 is 5.97 Å². The minimum absolute atomic E-state index is 0.310. The number of hydrogen-bond acceptors (Lipinski definition) is 2. The first kappa shape index (κ1) is 13.1. The molecule has 0 saturated carbocycles. The first-order valence-electron chi connectivity index (χ1n) is 6.30. The van der Waals surface area contributed by atoms with Gasteiger partial charge in [0.05, 0.1) is 5.56 Å². The Morgan fingerprint density at radius 3 is 2.26 bits per heavy atom. The highest BCUT2D eigenvalue weighted by Crippen LogP contribution is 2.28. The van der Waals surface area contributed by atoms with E-state index in [0.717, 1.165) is 17.9 Å². The van der Waals surface area contributed by atoms with Crippen molar-refractivity contribution in [2.24, 2.45) is 0 Å². The van der Waals surface area contributed by atoms with Gasteiger partial charge in [-0.2, -0.15) is 0 Å². The number of aryl methyl sites for hydroxylation is 1. The first-order chi connectivity index (χ1) is 9.13. The molecule has 1 N–H and O–H groups in total. The molecule has 98 valence electrons. The number of aromatic carboxylic acids is 1. The van der Waals surface area contributed by atoms with Crippen LogP contribution in [0.25, 0.3) is 0 Å². The van der Waals surface area contributed by atoms with Crippen LogP contribution in [0.15, 0.2) is 48.5 Å². The molecule has 0 aliphatic heterocycles. The zero-order chi connectivity index (χ0) is 13.8. The van der Waals surface area contributed by atoms with Crippen LogP contribution >= 0.6 is 0 Å². The van der Waals surface area contributed by atoms with Crippen molar-refractivity contribution >= 4 is 17.3 Å². The fourth-order valence-electron chi connectivity index (χ4n) is 2.14. The molecule has 0 radical (unpaired) electrons. The van der Waals surface area contributed by atoms with Gasteiger partial charge in [0, 0.05) is 17.9 Å². The zero-order valence-electron chi connectivity index (χ0n) is 11.1. The molecule has 0 aliphatic carbocycles. The van der Waals surface area contributed by atoms with Crippen molar-refractivity contribution in [1.29, 1.82) is 0 Å². The van der Waals surface area contributed by atoms with Gasteiger partial charge < -0.3 is 10.0 Å². The molecule has 0 bridgehead atoms. The number of carboxylic acid groups (broad SMARTS) is 1. The van der Waals surface area contributed by atoms with E-state index in [-0.39, 0.29) is 0 Å². The summed E-state index contributed by atoms with van der Waals surface area (Å²) < 4.78 is 0. The van der Waals surface area contributed by atoms with Crippen LogP contribution in [0.3, 0.4) is 0 Å². The van der Waals surface area contributed by atoms with E-state index in [2.05, 4.69) is 30.9 Å². The first-order valence-corrected chi connectivity index (χ1v) is 6.30. The van der Waals surface area contributed by atoms with Crippen molar-refractivity contribution in [3.8, 4) is 0 Å². The summed E-state index contributed by atoms with van der Waals surface area (Å²) in [6.07, 6.45) is 0. The number of benzene rings is 2. The Labute approximate surface area is 113 Å². The van der Waals surface area contributed by atoms with E-state index in [9.17, 15) is 4.79 Å². The average Bonchev–Trinajstić information content (AvgIpc) is 2.42. The third kappa shape index (κ3) is 2.76. The Morgan fingerprint density at radius 1 is 1.11 bits per heavy atom. The summed E-state index contributed by atoms with van der Waals surface area (Å²) in [6.45, 7) is 4.98. The van der Waals surface area contributed by atoms with E-state index in [4.69, 9.17) is 5.11 Å². The summed E-state index contributed by atoms with van der Waals surface area (Å²) in [6, 6.07) is 15.1. The van der Waals surface area contributed by atoms with Crippen LogP contribution in [0.1, 0.15) is 22.8 Å². The molecule has 3 heteroatoms. The van der Waals surface area contributed by atoms with E-state index in [1.165, 1.54) is 5.56 Å². The third-order valence-electron chi connectivity index (χ3n) is 3.15. The lowest BCUT2D eigenvalue weighted by Crippen LogP contribution is -2.17. The largest absolute Gasteiger partial charge is 0.478 e. The van der Waals surface area contributed by atoms with Crippen LogP contribution < -0.4 is 4.90 Å². The van der Waals surface area contributed by atoms with Crippen LogP contribution in [-0.4, -0.2) is 17.6 Å². The third-order valence-corrected chi connectivity index (χ3v) is 3.15. The maximum Gasteiger partial charge on any atom is 0.335 e. The van der Waals surface area contributed by atoms with Gasteiger partial charge in [0.1, 0.15) is 0 Å². The Kier molecular flexibility index (Phi) is 3.85. The van der Waals surface area contributed by atoms with Crippen molar-refractivity contribution in [3.05, 3.63) is 59.7 Å². The number of para-hydroxylation sites is 1. The van der Waals surface area contributed by atoms with Gasteiger partial charge in [-0.25, -0.2) is 4.79 Å². The predicted molar refractivity (Wildman–Crippen MR) is 77.3 cm³/mol. The topological polar surface area (TPSA) is 40.5 Å². The molecule has 19 heavy (non-hydrogen) atoms. The van der Waals surface area contributed by atoms with Gasteiger partial charge in [-0.05, 0) is 49.7 Å². The molecule has 0 unspecified atom stereocenters. The molecular formula is C16H17NO2. The molecule has 0 fully saturated rings. The van der Waals surface area contributed by atoms with Crippen LogP contribution in [-0.2, 0) is 0 Å². The minimum Gasteiger partial charge on any atom is -0.478 e. The molecule has 0 heterocycles. The van der Waals surface area contributed by atoms with Gasteiger partial charge in [0.25, 0.3) is 0 Å². The molecular weight excluding hydrogens is 238 g/mol. The van der Waals surface area contributed by atoms with E-state index in [0.29, 0.717) is 5.56 Å². The summed E-state index contributed by atoms with van der Waals surface area (Å²) in [5, 5.41) is 8.92. The van der Waals surface area contributed by atoms with E-state index in [1.54, 1.807) is 12.1 Å². The number of carboxylic acids is 1. The maximum atomic E-state index is 10.9. The smallest absolute Gasteiger partial charge is 0.335 e. The number of carbonyl (C=O) groups is 1. The maximum absolute atomic E-state index is 10.9. The Balaban J connectivity index is 2.37. The monoisotopic (exact) mass is 255 g/mol. The second-order valence-corrected chi connectivity index (χ2v) is 4.38. The predicted octanol–water partition coefficient (Wildman–Crippen LogP) is 3.85. The van der Waals surface area contributed by atoms with E-state index < -0.39 is 5.97 Å². The SMILES string of the molecule is CCN(c1ccc(C(=O)O)cc1)c1ccccc1C. The lowest BCUT2D eigenvalue weighted by atomic mass is 10.1. The molecule has 2 aromatic rings. The highest BCUT2D eigenvalue weighted by molar-refractivity contribution is 5.88. The van der Waals surface area contributed by atoms with Crippen molar-refractivity contribution in [3.63, 3.8) is 0 Å². The summed E-state index contributed by atoms with van der Waals surface area (Å²) in [4.78, 5) is 13.0. The molecule has 2 aromatic carbocycles. The second kappa shape index (κ2) is 5.57. The standard InChI is InChI=1S/C16H17NO2/c1-3-17(15-7-5-4-6-12(15)2)14-10-8-13(9-11-14)16(18)19/h4-11H,3H2,1-2H3,(H,18,19). The molecule has 0 atom stereocenters. The molecule has 2 rings (SSSR count). The van der Waals surface area contributed by atoms with Gasteiger partial charge in [0.15, 0.2) is 0 Å². The van der Waals surface area contributed by atoms with Crippen LogP contribution in [0.2, 0.25) is 0 Å². The molecule has 0 saturated heterocycles. The van der Waals surface area contributed by atoms with Crippen molar-refractivity contribution in [2.75, 3.05) is 11.4 Å². The second-order valence-electron chi connectivity index (χ2n) is 4.38. The highest BCUT2D eigenvalue weighted by atomic mass is 16.4. The molecule has 3 nitrogen and oxygen atoms in total. The zero-order valence-corrected chi connectivity index (χ0v) is 11.1. The Morgan fingerprint density at radius 2 is 1.74 bits per heavy atom. The van der Waals surface area contributed by atoms with Gasteiger partial charge in [-0.15, -0.1) is 0 Å². The molecule has 0 amide bonds. The van der Waals surface area contributed by atoms with E-state index >= 15 is 0 Å². The summed E-state index contributed by atoms with van der Waals surface area (Å²) in [7, 11) is 0. The van der Waals surface area contributed by atoms with E-state index in [1.807, 2.05) is 24.3 Å². The molecule has 0 aliphatic rings. The van der Waals surface area contributed by atoms with Crippen LogP contribution in [0.4, 0.5) is 11.4 Å². The number of hydrogen-bond donors (Lipinski definition) is 1. The number of rotatable bonds is 4.